The van der Waals surface area contributed by atoms with Crippen molar-refractivity contribution in [3.05, 3.63) is 41.1 Å². The lowest BCUT2D eigenvalue weighted by molar-refractivity contribution is 0.0613. The molecule has 1 fully saturated rings. The Morgan fingerprint density at radius 3 is 3.10 bits per heavy atom. The van der Waals surface area contributed by atoms with E-state index < -0.39 is 0 Å². The van der Waals surface area contributed by atoms with Gasteiger partial charge in [0, 0.05) is 42.3 Å². The van der Waals surface area contributed by atoms with Crippen molar-refractivity contribution in [2.75, 3.05) is 19.6 Å². The van der Waals surface area contributed by atoms with Crippen molar-refractivity contribution in [2.45, 2.75) is 13.0 Å². The molecule has 2 aromatic rings. The standard InChI is InChI=1S/C15H16ClN3O2/c1-10-9-17-5-6-19(10)15(20)14-8-13(18-21-14)11-3-2-4-12(16)7-11/h2-4,7-8,10,17H,5-6,9H2,1H3/t10-/m1/s1. The molecule has 110 valence electrons. The second-order valence-corrected chi connectivity index (χ2v) is 5.57. The highest BCUT2D eigenvalue weighted by Gasteiger charge is 2.27. The highest BCUT2D eigenvalue weighted by atomic mass is 35.5. The van der Waals surface area contributed by atoms with Crippen molar-refractivity contribution < 1.29 is 9.32 Å². The third-order valence-corrected chi connectivity index (χ3v) is 3.84. The van der Waals surface area contributed by atoms with Crippen molar-refractivity contribution in [1.29, 1.82) is 0 Å². The van der Waals surface area contributed by atoms with E-state index in [-0.39, 0.29) is 17.7 Å². The van der Waals surface area contributed by atoms with Gasteiger partial charge in [-0.15, -0.1) is 0 Å². The van der Waals surface area contributed by atoms with Gasteiger partial charge in [0.2, 0.25) is 5.76 Å². The Labute approximate surface area is 127 Å². The lowest BCUT2D eigenvalue weighted by Crippen LogP contribution is -2.52. The minimum Gasteiger partial charge on any atom is -0.350 e. The smallest absolute Gasteiger partial charge is 0.292 e. The molecule has 1 aliphatic heterocycles. The van der Waals surface area contributed by atoms with E-state index in [1.54, 1.807) is 23.1 Å². The molecule has 1 aromatic carbocycles. The van der Waals surface area contributed by atoms with Crippen LogP contribution in [0.5, 0.6) is 0 Å². The first-order valence-corrected chi connectivity index (χ1v) is 7.27. The van der Waals surface area contributed by atoms with Gasteiger partial charge in [-0.2, -0.15) is 0 Å². The monoisotopic (exact) mass is 305 g/mol. The van der Waals surface area contributed by atoms with E-state index in [1.165, 1.54) is 0 Å². The number of benzene rings is 1. The second-order valence-electron chi connectivity index (χ2n) is 5.14. The SMILES string of the molecule is C[C@@H]1CNCCN1C(=O)c1cc(-c2cccc(Cl)c2)no1. The normalized spacial score (nSPS) is 18.8. The van der Waals surface area contributed by atoms with Crippen LogP contribution in [0.1, 0.15) is 17.5 Å². The molecule has 1 N–H and O–H groups in total. The first-order chi connectivity index (χ1) is 10.1. The van der Waals surface area contributed by atoms with Gasteiger partial charge in [0.15, 0.2) is 0 Å². The Morgan fingerprint density at radius 2 is 2.33 bits per heavy atom. The van der Waals surface area contributed by atoms with Gasteiger partial charge in [-0.3, -0.25) is 4.79 Å². The Balaban J connectivity index is 1.83. The fourth-order valence-corrected chi connectivity index (χ4v) is 2.63. The lowest BCUT2D eigenvalue weighted by atomic mass is 10.1. The number of nitrogens with one attached hydrogen (secondary N) is 1. The van der Waals surface area contributed by atoms with Crippen LogP contribution >= 0.6 is 11.6 Å². The summed E-state index contributed by atoms with van der Waals surface area (Å²) in [7, 11) is 0. The molecular formula is C15H16ClN3O2. The van der Waals surface area contributed by atoms with Gasteiger partial charge < -0.3 is 14.7 Å². The van der Waals surface area contributed by atoms with E-state index in [1.807, 2.05) is 19.1 Å². The molecular weight excluding hydrogens is 290 g/mol. The van der Waals surface area contributed by atoms with Gasteiger partial charge in [0.25, 0.3) is 5.91 Å². The van der Waals surface area contributed by atoms with E-state index >= 15 is 0 Å². The summed E-state index contributed by atoms with van der Waals surface area (Å²) in [6.45, 7) is 4.28. The van der Waals surface area contributed by atoms with Gasteiger partial charge in [0.1, 0.15) is 5.69 Å². The lowest BCUT2D eigenvalue weighted by Gasteiger charge is -2.33. The van der Waals surface area contributed by atoms with Crippen molar-refractivity contribution in [3.8, 4) is 11.3 Å². The molecule has 5 nitrogen and oxygen atoms in total. The third kappa shape index (κ3) is 2.94. The number of hydrogen-bond acceptors (Lipinski definition) is 4. The van der Waals surface area contributed by atoms with Crippen LogP contribution in [-0.2, 0) is 0 Å². The zero-order valence-corrected chi connectivity index (χ0v) is 12.4. The number of nitrogens with zero attached hydrogens (tertiary/aromatic N) is 2. The molecule has 0 aliphatic carbocycles. The summed E-state index contributed by atoms with van der Waals surface area (Å²) in [5.74, 6) is 0.142. The van der Waals surface area contributed by atoms with E-state index in [0.29, 0.717) is 17.3 Å². The number of hydrogen-bond donors (Lipinski definition) is 1. The summed E-state index contributed by atoms with van der Waals surface area (Å²) < 4.78 is 5.22. The van der Waals surface area contributed by atoms with Gasteiger partial charge in [-0.1, -0.05) is 28.9 Å². The van der Waals surface area contributed by atoms with E-state index in [4.69, 9.17) is 16.1 Å². The Morgan fingerprint density at radius 1 is 1.48 bits per heavy atom. The molecule has 1 atom stereocenters. The molecule has 1 saturated heterocycles. The fraction of sp³-hybridized carbons (Fsp3) is 0.333. The molecule has 6 heteroatoms. The zero-order valence-electron chi connectivity index (χ0n) is 11.7. The highest BCUT2D eigenvalue weighted by Crippen LogP contribution is 2.23. The largest absolute Gasteiger partial charge is 0.350 e. The molecule has 1 aliphatic rings. The van der Waals surface area contributed by atoms with Crippen LogP contribution in [0, 0.1) is 0 Å². The molecule has 0 saturated carbocycles. The van der Waals surface area contributed by atoms with Crippen LogP contribution in [0.15, 0.2) is 34.9 Å². The van der Waals surface area contributed by atoms with Crippen molar-refractivity contribution >= 4 is 17.5 Å². The molecule has 0 radical (unpaired) electrons. The molecule has 3 rings (SSSR count). The van der Waals surface area contributed by atoms with Crippen LogP contribution in [0.4, 0.5) is 0 Å². The first-order valence-electron chi connectivity index (χ1n) is 6.89. The Kier molecular flexibility index (Phi) is 3.94. The van der Waals surface area contributed by atoms with Crippen LogP contribution in [-0.4, -0.2) is 41.6 Å². The summed E-state index contributed by atoms with van der Waals surface area (Å²) >= 11 is 5.96. The topological polar surface area (TPSA) is 58.4 Å². The molecule has 2 heterocycles. The summed E-state index contributed by atoms with van der Waals surface area (Å²) in [6.07, 6.45) is 0. The van der Waals surface area contributed by atoms with E-state index in [9.17, 15) is 4.79 Å². The molecule has 21 heavy (non-hydrogen) atoms. The summed E-state index contributed by atoms with van der Waals surface area (Å²) in [5, 5.41) is 7.85. The van der Waals surface area contributed by atoms with Crippen LogP contribution in [0.2, 0.25) is 5.02 Å². The van der Waals surface area contributed by atoms with Crippen molar-refractivity contribution in [3.63, 3.8) is 0 Å². The highest BCUT2D eigenvalue weighted by molar-refractivity contribution is 6.30. The number of halogens is 1. The molecule has 0 unspecified atom stereocenters. The van der Waals surface area contributed by atoms with Crippen molar-refractivity contribution in [1.82, 2.24) is 15.4 Å². The average Bonchev–Trinajstić information content (AvgIpc) is 2.97. The number of carbonyl (C=O) groups is 1. The number of carbonyl (C=O) groups excluding carboxylic acids is 1. The van der Waals surface area contributed by atoms with Gasteiger partial charge in [0.05, 0.1) is 0 Å². The predicted molar refractivity (Wildman–Crippen MR) is 80.3 cm³/mol. The van der Waals surface area contributed by atoms with Gasteiger partial charge >= 0.3 is 0 Å². The van der Waals surface area contributed by atoms with E-state index in [0.717, 1.165) is 18.7 Å². The molecule has 0 spiro atoms. The quantitative estimate of drug-likeness (QED) is 0.926. The molecule has 1 amide bonds. The minimum absolute atomic E-state index is 0.121. The second kappa shape index (κ2) is 5.87. The zero-order chi connectivity index (χ0) is 14.8. The number of piperazine rings is 1. The van der Waals surface area contributed by atoms with Crippen LogP contribution in [0.3, 0.4) is 0 Å². The maximum Gasteiger partial charge on any atom is 0.292 e. The summed E-state index contributed by atoms with van der Waals surface area (Å²) in [6, 6.07) is 9.12. The number of aromatic nitrogens is 1. The molecule has 1 aromatic heterocycles. The van der Waals surface area contributed by atoms with Gasteiger partial charge in [-0.25, -0.2) is 0 Å². The Hall–Kier alpha value is -1.85. The van der Waals surface area contributed by atoms with Crippen LogP contribution < -0.4 is 5.32 Å². The number of rotatable bonds is 2. The maximum absolute atomic E-state index is 12.5. The fourth-order valence-electron chi connectivity index (χ4n) is 2.44. The number of amides is 1. The van der Waals surface area contributed by atoms with Gasteiger partial charge in [-0.05, 0) is 19.1 Å². The van der Waals surface area contributed by atoms with Crippen LogP contribution in [0.25, 0.3) is 11.3 Å². The predicted octanol–water partition coefficient (Wildman–Crippen LogP) is 2.43. The minimum atomic E-state index is -0.121. The van der Waals surface area contributed by atoms with E-state index in [2.05, 4.69) is 10.5 Å². The maximum atomic E-state index is 12.5. The third-order valence-electron chi connectivity index (χ3n) is 3.60. The van der Waals surface area contributed by atoms with Crippen molar-refractivity contribution in [2.24, 2.45) is 0 Å². The summed E-state index contributed by atoms with van der Waals surface area (Å²) in [5.41, 5.74) is 1.45. The summed E-state index contributed by atoms with van der Waals surface area (Å²) in [4.78, 5) is 14.3. The molecule has 0 bridgehead atoms. The average molecular weight is 306 g/mol. The first kappa shape index (κ1) is 14.1. The Bertz CT molecular complexity index is 656.